The molecule has 0 saturated heterocycles. The van der Waals surface area contributed by atoms with Gasteiger partial charge in [0.15, 0.2) is 0 Å². The number of ketones is 1. The molecule has 4 unspecified atom stereocenters. The van der Waals surface area contributed by atoms with E-state index in [9.17, 15) is 4.79 Å². The zero-order chi connectivity index (χ0) is 9.00. The Kier molecular flexibility index (Phi) is 1.14. The van der Waals surface area contributed by atoms with Gasteiger partial charge >= 0.3 is 0 Å². The third-order valence-corrected chi connectivity index (χ3v) is 3.35. The van der Waals surface area contributed by atoms with Gasteiger partial charge in [-0.15, -0.1) is 0 Å². The van der Waals surface area contributed by atoms with Crippen molar-refractivity contribution in [1.29, 1.82) is 0 Å². The second kappa shape index (κ2) is 2.10. The van der Waals surface area contributed by atoms with E-state index >= 15 is 0 Å². The number of carbonyl (C=O) groups excluding carboxylic acids is 1. The van der Waals surface area contributed by atoms with E-state index in [4.69, 9.17) is 5.21 Å². The van der Waals surface area contributed by atoms with E-state index in [1.165, 1.54) is 0 Å². The first-order valence-corrected chi connectivity index (χ1v) is 4.45. The van der Waals surface area contributed by atoms with Crippen LogP contribution in [0.15, 0.2) is 29.5 Å². The van der Waals surface area contributed by atoms with Crippen molar-refractivity contribution < 1.29 is 10.0 Å². The molecule has 3 aliphatic carbocycles. The highest BCUT2D eigenvalue weighted by atomic mass is 16.4. The normalized spacial score (nSPS) is 48.0. The number of nitrogens with zero attached hydrogens (tertiary/aromatic N) is 1. The molecule has 0 aromatic heterocycles. The standard InChI is InChI=1S/C10H9NO2/c12-10-6-1-2-7(10)9-5(6)3-4-8(9)11-13/h1-7,9,13H/b11-8+. The number of allylic oxidation sites excluding steroid dienone is 4. The lowest BCUT2D eigenvalue weighted by atomic mass is 9.85. The van der Waals surface area contributed by atoms with Gasteiger partial charge in [-0.1, -0.05) is 23.4 Å². The summed E-state index contributed by atoms with van der Waals surface area (Å²) < 4.78 is 0. The molecule has 2 bridgehead atoms. The predicted molar refractivity (Wildman–Crippen MR) is 46.5 cm³/mol. The van der Waals surface area contributed by atoms with Crippen molar-refractivity contribution in [3.05, 3.63) is 24.3 Å². The maximum absolute atomic E-state index is 11.6. The summed E-state index contributed by atoms with van der Waals surface area (Å²) in [5, 5.41) is 12.0. The molecular weight excluding hydrogens is 166 g/mol. The molecule has 3 heteroatoms. The minimum atomic E-state index is -0.0316. The van der Waals surface area contributed by atoms with E-state index in [1.54, 1.807) is 0 Å². The van der Waals surface area contributed by atoms with Gasteiger partial charge in [-0.3, -0.25) is 4.79 Å². The lowest BCUT2D eigenvalue weighted by molar-refractivity contribution is -0.121. The van der Waals surface area contributed by atoms with Gasteiger partial charge in [0.05, 0.1) is 5.71 Å². The van der Waals surface area contributed by atoms with E-state index in [1.807, 2.05) is 24.3 Å². The van der Waals surface area contributed by atoms with Gasteiger partial charge in [-0.2, -0.15) is 0 Å². The summed E-state index contributed by atoms with van der Waals surface area (Å²) in [5.41, 5.74) is 0.662. The van der Waals surface area contributed by atoms with Gasteiger partial charge in [0.2, 0.25) is 0 Å². The summed E-state index contributed by atoms with van der Waals surface area (Å²) in [4.78, 5) is 11.6. The Hall–Kier alpha value is -1.38. The molecule has 3 nitrogen and oxygen atoms in total. The summed E-state index contributed by atoms with van der Waals surface area (Å²) in [5.74, 6) is 0.683. The second-order valence-electron chi connectivity index (χ2n) is 3.83. The number of carbonyl (C=O) groups is 1. The topological polar surface area (TPSA) is 49.7 Å². The van der Waals surface area contributed by atoms with Crippen LogP contribution >= 0.6 is 0 Å². The maximum Gasteiger partial charge on any atom is 0.147 e. The van der Waals surface area contributed by atoms with Gasteiger partial charge in [-0.05, 0) is 12.0 Å². The molecule has 0 spiro atoms. The second-order valence-corrected chi connectivity index (χ2v) is 3.83. The molecule has 1 saturated carbocycles. The highest BCUT2D eigenvalue weighted by Crippen LogP contribution is 2.49. The molecule has 66 valence electrons. The Morgan fingerprint density at radius 2 is 2.00 bits per heavy atom. The Bertz CT molecular complexity index is 367. The largest absolute Gasteiger partial charge is 0.411 e. The number of Topliss-reactive ketones (excluding diaryl/α,β-unsaturated/α-hetero) is 1. The Morgan fingerprint density at radius 3 is 2.77 bits per heavy atom. The van der Waals surface area contributed by atoms with Crippen LogP contribution in [0.5, 0.6) is 0 Å². The Morgan fingerprint density at radius 1 is 1.23 bits per heavy atom. The molecular formula is C10H9NO2. The van der Waals surface area contributed by atoms with Gasteiger partial charge in [0, 0.05) is 17.8 Å². The van der Waals surface area contributed by atoms with Crippen LogP contribution in [0.2, 0.25) is 0 Å². The minimum absolute atomic E-state index is 0.0316. The maximum atomic E-state index is 11.6. The molecule has 0 radical (unpaired) electrons. The summed E-state index contributed by atoms with van der Waals surface area (Å²) in [6, 6.07) is 0. The fraction of sp³-hybridized carbons (Fsp3) is 0.400. The van der Waals surface area contributed by atoms with Crippen molar-refractivity contribution in [2.45, 2.75) is 0 Å². The van der Waals surface area contributed by atoms with Crippen molar-refractivity contribution in [3.8, 4) is 0 Å². The van der Waals surface area contributed by atoms with E-state index in [2.05, 4.69) is 5.16 Å². The first kappa shape index (κ1) is 7.06. The molecule has 0 aliphatic heterocycles. The molecule has 1 N–H and O–H groups in total. The summed E-state index contributed by atoms with van der Waals surface area (Å²) in [7, 11) is 0. The van der Waals surface area contributed by atoms with Gasteiger partial charge in [-0.25, -0.2) is 0 Å². The quantitative estimate of drug-likeness (QED) is 0.339. The number of hydrogen-bond acceptors (Lipinski definition) is 3. The van der Waals surface area contributed by atoms with Crippen LogP contribution in [0.1, 0.15) is 0 Å². The molecule has 13 heavy (non-hydrogen) atoms. The number of rotatable bonds is 0. The monoisotopic (exact) mass is 175 g/mol. The number of hydrogen-bond donors (Lipinski definition) is 1. The zero-order valence-corrected chi connectivity index (χ0v) is 6.92. The van der Waals surface area contributed by atoms with Crippen LogP contribution in [0.3, 0.4) is 0 Å². The minimum Gasteiger partial charge on any atom is -0.411 e. The van der Waals surface area contributed by atoms with Crippen molar-refractivity contribution in [2.24, 2.45) is 28.8 Å². The average Bonchev–Trinajstić information content (AvgIpc) is 2.76. The summed E-state index contributed by atoms with van der Waals surface area (Å²) in [6.45, 7) is 0. The summed E-state index contributed by atoms with van der Waals surface area (Å²) in [6.07, 6.45) is 7.76. The van der Waals surface area contributed by atoms with Gasteiger partial charge in [0.25, 0.3) is 0 Å². The van der Waals surface area contributed by atoms with Crippen molar-refractivity contribution in [1.82, 2.24) is 0 Å². The van der Waals surface area contributed by atoms with E-state index in [0.29, 0.717) is 11.5 Å². The summed E-state index contributed by atoms with van der Waals surface area (Å²) >= 11 is 0. The van der Waals surface area contributed by atoms with Crippen LogP contribution in [-0.2, 0) is 4.79 Å². The lowest BCUT2D eigenvalue weighted by Gasteiger charge is -2.17. The number of oxime groups is 1. The van der Waals surface area contributed by atoms with Crippen molar-refractivity contribution >= 4 is 11.5 Å². The Balaban J connectivity index is 2.10. The zero-order valence-electron chi connectivity index (χ0n) is 6.92. The first-order valence-electron chi connectivity index (χ1n) is 4.45. The van der Waals surface area contributed by atoms with E-state index < -0.39 is 0 Å². The van der Waals surface area contributed by atoms with Crippen LogP contribution in [-0.4, -0.2) is 16.7 Å². The fourth-order valence-corrected chi connectivity index (χ4v) is 2.77. The molecule has 3 rings (SSSR count). The van der Waals surface area contributed by atoms with E-state index in [0.717, 1.165) is 0 Å². The molecule has 1 fully saturated rings. The van der Waals surface area contributed by atoms with Crippen molar-refractivity contribution in [2.75, 3.05) is 0 Å². The van der Waals surface area contributed by atoms with Crippen LogP contribution < -0.4 is 0 Å². The molecule has 0 amide bonds. The number of fused-ring (bicyclic) bond motifs is 5. The molecule has 0 heterocycles. The van der Waals surface area contributed by atoms with Crippen LogP contribution in [0.4, 0.5) is 0 Å². The Labute approximate surface area is 75.4 Å². The third kappa shape index (κ3) is 0.658. The SMILES string of the molecule is O=C1C2C=CC1C1/C(=N/O)C=CC21. The van der Waals surface area contributed by atoms with Gasteiger partial charge in [0.1, 0.15) is 5.78 Å². The van der Waals surface area contributed by atoms with Crippen LogP contribution in [0.25, 0.3) is 0 Å². The predicted octanol–water partition coefficient (Wildman–Crippen LogP) is 1.00. The fourth-order valence-electron chi connectivity index (χ4n) is 2.77. The average molecular weight is 175 g/mol. The van der Waals surface area contributed by atoms with Gasteiger partial charge < -0.3 is 5.21 Å². The smallest absolute Gasteiger partial charge is 0.147 e. The lowest BCUT2D eigenvalue weighted by Crippen LogP contribution is -2.20. The van der Waals surface area contributed by atoms with Crippen molar-refractivity contribution in [3.63, 3.8) is 0 Å². The first-order chi connectivity index (χ1) is 6.33. The van der Waals surface area contributed by atoms with Crippen LogP contribution in [0, 0.1) is 23.7 Å². The highest BCUT2D eigenvalue weighted by Gasteiger charge is 2.53. The highest BCUT2D eigenvalue weighted by molar-refractivity contribution is 6.07. The third-order valence-electron chi connectivity index (χ3n) is 3.35. The molecule has 4 atom stereocenters. The molecule has 0 aromatic carbocycles. The van der Waals surface area contributed by atoms with E-state index in [-0.39, 0.29) is 23.7 Å². The molecule has 3 aliphatic rings. The molecule has 0 aromatic rings.